The molecule has 1 aliphatic rings. The number of anilines is 2. The molecule has 1 N–H and O–H groups in total. The molecule has 5 aromatic rings. The second kappa shape index (κ2) is 10.7. The van der Waals surface area contributed by atoms with Crippen LogP contribution >= 0.6 is 0 Å². The lowest BCUT2D eigenvalue weighted by molar-refractivity contribution is 0.208. The Bertz CT molecular complexity index is 1620. The Morgan fingerprint density at radius 3 is 2.49 bits per heavy atom. The number of nitrogens with zero attached hydrogens (tertiary/aromatic N) is 5. The molecule has 198 valence electrons. The second-order valence-corrected chi connectivity index (χ2v) is 10.1. The molecule has 3 aromatic carbocycles. The molecule has 8 heteroatoms. The Hall–Kier alpha value is -4.46. The number of unbranched alkanes of at least 4 members (excludes halogenated alkanes) is 1. The number of aryl methyl sites for hydroxylation is 2. The van der Waals surface area contributed by atoms with E-state index in [0.717, 1.165) is 64.2 Å². The number of aromatic nitrogens is 3. The van der Waals surface area contributed by atoms with Crippen LogP contribution in [0.2, 0.25) is 0 Å². The summed E-state index contributed by atoms with van der Waals surface area (Å²) in [5.74, 6) is 1.59. The van der Waals surface area contributed by atoms with E-state index in [1.165, 1.54) is 5.39 Å². The van der Waals surface area contributed by atoms with Gasteiger partial charge in [0.15, 0.2) is 0 Å². The average molecular weight is 521 g/mol. The van der Waals surface area contributed by atoms with E-state index in [0.29, 0.717) is 31.9 Å². The van der Waals surface area contributed by atoms with Crippen LogP contribution in [0.4, 0.5) is 16.3 Å². The van der Waals surface area contributed by atoms with Gasteiger partial charge in [0.2, 0.25) is 0 Å². The molecular formula is C31H32N6O2. The van der Waals surface area contributed by atoms with Gasteiger partial charge in [0.05, 0.1) is 0 Å². The van der Waals surface area contributed by atoms with E-state index in [9.17, 15) is 4.79 Å². The van der Waals surface area contributed by atoms with Crippen LogP contribution in [0, 0.1) is 6.92 Å². The number of fused-ring (bicyclic) bond motifs is 2. The molecule has 1 saturated heterocycles. The van der Waals surface area contributed by atoms with Crippen LogP contribution in [0.25, 0.3) is 33.1 Å². The summed E-state index contributed by atoms with van der Waals surface area (Å²) in [6.45, 7) is 6.68. The number of piperazine rings is 1. The molecule has 2 amide bonds. The standard InChI is InChI=1S/C31H32N6O2/c1-3-4-9-26-33-29(36-16-18-37(19-17-36)31(38)32-25-14-10-21(2)11-15-25)27-28(35-39-30(27)34-26)24-13-12-22-7-5-6-8-23(22)20-24/h5-8,10-15,20H,3-4,9,16-19H2,1-2H3,(H,32,38). The number of urea groups is 1. The molecule has 39 heavy (non-hydrogen) atoms. The average Bonchev–Trinajstić information content (AvgIpc) is 3.41. The minimum Gasteiger partial charge on any atom is -0.352 e. The van der Waals surface area contributed by atoms with Gasteiger partial charge in [-0.3, -0.25) is 0 Å². The second-order valence-electron chi connectivity index (χ2n) is 10.1. The lowest BCUT2D eigenvalue weighted by Gasteiger charge is -2.35. The van der Waals surface area contributed by atoms with Crippen LogP contribution in [0.5, 0.6) is 0 Å². The maximum absolute atomic E-state index is 12.9. The minimum atomic E-state index is -0.0863. The van der Waals surface area contributed by atoms with Crippen LogP contribution in [0.3, 0.4) is 0 Å². The lowest BCUT2D eigenvalue weighted by Crippen LogP contribution is -2.50. The SMILES string of the molecule is CCCCc1nc(N2CCN(C(=O)Nc3ccc(C)cc3)CC2)c2c(-c3ccc4ccccc4c3)noc2n1. The van der Waals surface area contributed by atoms with Gasteiger partial charge in [-0.15, -0.1) is 0 Å². The topological polar surface area (TPSA) is 87.4 Å². The molecular weight excluding hydrogens is 488 g/mol. The Morgan fingerprint density at radius 2 is 1.72 bits per heavy atom. The quantitative estimate of drug-likeness (QED) is 0.277. The summed E-state index contributed by atoms with van der Waals surface area (Å²) >= 11 is 0. The van der Waals surface area contributed by atoms with Crippen molar-refractivity contribution in [2.75, 3.05) is 36.4 Å². The third-order valence-electron chi connectivity index (χ3n) is 7.31. The summed E-state index contributed by atoms with van der Waals surface area (Å²) in [6, 6.07) is 22.4. The number of hydrogen-bond acceptors (Lipinski definition) is 6. The van der Waals surface area contributed by atoms with Gasteiger partial charge in [0, 0.05) is 43.9 Å². The fourth-order valence-electron chi connectivity index (χ4n) is 5.05. The smallest absolute Gasteiger partial charge is 0.321 e. The molecule has 0 bridgehead atoms. The number of benzene rings is 3. The Balaban J connectivity index is 1.29. The van der Waals surface area contributed by atoms with Gasteiger partial charge in [0.1, 0.15) is 22.7 Å². The van der Waals surface area contributed by atoms with E-state index in [1.807, 2.05) is 48.2 Å². The van der Waals surface area contributed by atoms with Crippen LogP contribution in [-0.2, 0) is 6.42 Å². The van der Waals surface area contributed by atoms with Gasteiger partial charge in [-0.1, -0.05) is 72.6 Å². The first-order valence-corrected chi connectivity index (χ1v) is 13.6. The molecule has 1 aliphatic heterocycles. The third-order valence-corrected chi connectivity index (χ3v) is 7.31. The Morgan fingerprint density at radius 1 is 0.949 bits per heavy atom. The van der Waals surface area contributed by atoms with Crippen molar-refractivity contribution in [1.82, 2.24) is 20.0 Å². The fraction of sp³-hybridized carbons (Fsp3) is 0.290. The lowest BCUT2D eigenvalue weighted by atomic mass is 10.0. The molecule has 6 rings (SSSR count). The highest BCUT2D eigenvalue weighted by molar-refractivity contribution is 6.00. The van der Waals surface area contributed by atoms with Crippen molar-refractivity contribution in [1.29, 1.82) is 0 Å². The van der Waals surface area contributed by atoms with E-state index >= 15 is 0 Å². The number of nitrogens with one attached hydrogen (secondary N) is 1. The summed E-state index contributed by atoms with van der Waals surface area (Å²) in [5, 5.41) is 10.6. The number of hydrogen-bond donors (Lipinski definition) is 1. The number of amides is 2. The van der Waals surface area contributed by atoms with E-state index in [-0.39, 0.29) is 6.03 Å². The van der Waals surface area contributed by atoms with Crippen molar-refractivity contribution in [2.45, 2.75) is 33.1 Å². The van der Waals surface area contributed by atoms with Gasteiger partial charge in [-0.25, -0.2) is 9.78 Å². The van der Waals surface area contributed by atoms with Gasteiger partial charge in [0.25, 0.3) is 5.71 Å². The number of carbonyl (C=O) groups excluding carboxylic acids is 1. The highest BCUT2D eigenvalue weighted by atomic mass is 16.5. The molecule has 0 atom stereocenters. The first-order valence-electron chi connectivity index (χ1n) is 13.6. The van der Waals surface area contributed by atoms with Crippen LogP contribution < -0.4 is 10.2 Å². The predicted octanol–water partition coefficient (Wildman–Crippen LogP) is 6.44. The first kappa shape index (κ1) is 24.9. The van der Waals surface area contributed by atoms with Crippen LogP contribution in [-0.4, -0.2) is 52.2 Å². The molecule has 0 radical (unpaired) electrons. The third kappa shape index (κ3) is 5.14. The molecule has 1 fully saturated rings. The summed E-state index contributed by atoms with van der Waals surface area (Å²) in [4.78, 5) is 26.8. The molecule has 0 unspecified atom stereocenters. The van der Waals surface area contributed by atoms with Crippen LogP contribution in [0.1, 0.15) is 31.2 Å². The highest BCUT2D eigenvalue weighted by Crippen LogP contribution is 2.35. The minimum absolute atomic E-state index is 0.0863. The molecule has 2 aromatic heterocycles. The van der Waals surface area contributed by atoms with Gasteiger partial charge < -0.3 is 19.6 Å². The van der Waals surface area contributed by atoms with E-state index < -0.39 is 0 Å². The van der Waals surface area contributed by atoms with Crippen molar-refractivity contribution in [3.8, 4) is 11.3 Å². The fourth-order valence-corrected chi connectivity index (χ4v) is 5.05. The first-order chi connectivity index (χ1) is 19.1. The van der Waals surface area contributed by atoms with Crippen molar-refractivity contribution < 1.29 is 9.32 Å². The van der Waals surface area contributed by atoms with Gasteiger partial charge >= 0.3 is 6.03 Å². The van der Waals surface area contributed by atoms with Crippen molar-refractivity contribution in [2.24, 2.45) is 0 Å². The summed E-state index contributed by atoms with van der Waals surface area (Å²) in [7, 11) is 0. The molecule has 3 heterocycles. The maximum atomic E-state index is 12.9. The number of carbonyl (C=O) groups is 1. The summed E-state index contributed by atoms with van der Waals surface area (Å²) < 4.78 is 5.80. The zero-order valence-corrected chi connectivity index (χ0v) is 22.4. The van der Waals surface area contributed by atoms with Crippen molar-refractivity contribution in [3.63, 3.8) is 0 Å². The van der Waals surface area contributed by atoms with Crippen molar-refractivity contribution >= 4 is 39.4 Å². The summed E-state index contributed by atoms with van der Waals surface area (Å²) in [5.41, 5.74) is 4.18. The highest BCUT2D eigenvalue weighted by Gasteiger charge is 2.27. The zero-order chi connectivity index (χ0) is 26.8. The van der Waals surface area contributed by atoms with E-state index in [4.69, 9.17) is 14.5 Å². The maximum Gasteiger partial charge on any atom is 0.321 e. The molecule has 0 aliphatic carbocycles. The normalized spacial score (nSPS) is 13.8. The summed E-state index contributed by atoms with van der Waals surface area (Å²) in [6.07, 6.45) is 2.85. The Labute approximate surface area is 227 Å². The molecule has 0 saturated carbocycles. The molecule has 0 spiro atoms. The van der Waals surface area contributed by atoms with Gasteiger partial charge in [-0.05, 0) is 42.3 Å². The largest absolute Gasteiger partial charge is 0.352 e. The Kier molecular flexibility index (Phi) is 6.84. The van der Waals surface area contributed by atoms with Crippen LogP contribution in [0.15, 0.2) is 71.3 Å². The predicted molar refractivity (Wildman–Crippen MR) is 155 cm³/mol. The van der Waals surface area contributed by atoms with E-state index in [1.54, 1.807) is 0 Å². The number of rotatable bonds is 6. The zero-order valence-electron chi connectivity index (χ0n) is 22.4. The van der Waals surface area contributed by atoms with Crippen molar-refractivity contribution in [3.05, 3.63) is 78.1 Å². The monoisotopic (exact) mass is 520 g/mol. The molecule has 8 nitrogen and oxygen atoms in total. The van der Waals surface area contributed by atoms with Gasteiger partial charge in [-0.2, -0.15) is 4.98 Å². The van der Waals surface area contributed by atoms with E-state index in [2.05, 4.69) is 52.6 Å².